The minimum absolute atomic E-state index is 0.0748. The SMILES string of the molecule is CC/C=C\C/C=C\C/C=C\C/C=C\C/C=C\C/C=C\C/C=C\CCCCCCCCCC(=O)OCC(COC(=O)CCCCCCCCCCCCCCCC)OC(=O)CCCCCCCCCCCCCCCCC. The molecule has 0 aromatic rings. The zero-order valence-electron chi connectivity index (χ0n) is 50.3. The van der Waals surface area contributed by atoms with Gasteiger partial charge in [-0.25, -0.2) is 0 Å². The molecule has 0 aliphatic rings. The molecule has 0 aromatic heterocycles. The lowest BCUT2D eigenvalue weighted by molar-refractivity contribution is -0.167. The summed E-state index contributed by atoms with van der Waals surface area (Å²) in [7, 11) is 0. The Bertz CT molecular complexity index is 1450. The third-order valence-corrected chi connectivity index (χ3v) is 14.2. The van der Waals surface area contributed by atoms with Crippen molar-refractivity contribution in [1.29, 1.82) is 0 Å². The molecule has 0 saturated heterocycles. The number of esters is 3. The van der Waals surface area contributed by atoms with Crippen molar-refractivity contribution in [2.45, 2.75) is 329 Å². The highest BCUT2D eigenvalue weighted by Gasteiger charge is 2.19. The minimum atomic E-state index is -0.778. The molecule has 0 aromatic carbocycles. The van der Waals surface area contributed by atoms with Gasteiger partial charge in [-0.1, -0.05) is 311 Å². The van der Waals surface area contributed by atoms with E-state index in [1.54, 1.807) is 0 Å². The van der Waals surface area contributed by atoms with E-state index in [0.717, 1.165) is 109 Å². The molecule has 1 unspecified atom stereocenters. The molecule has 0 spiro atoms. The molecule has 0 rings (SSSR count). The number of hydrogen-bond acceptors (Lipinski definition) is 6. The fourth-order valence-corrected chi connectivity index (χ4v) is 9.31. The third-order valence-electron chi connectivity index (χ3n) is 14.2. The predicted octanol–water partition coefficient (Wildman–Crippen LogP) is 22.3. The van der Waals surface area contributed by atoms with Crippen molar-refractivity contribution in [1.82, 2.24) is 0 Å². The zero-order valence-corrected chi connectivity index (χ0v) is 50.3. The summed E-state index contributed by atoms with van der Waals surface area (Å²) in [6, 6.07) is 0. The van der Waals surface area contributed by atoms with Crippen LogP contribution in [0.25, 0.3) is 0 Å². The van der Waals surface area contributed by atoms with E-state index in [1.807, 2.05) is 0 Å². The number of carbonyl (C=O) groups excluding carboxylic acids is 3. The fraction of sp³-hybridized carbons (Fsp3) is 0.757. The third kappa shape index (κ3) is 61.4. The molecule has 0 heterocycles. The number of rotatable bonds is 59. The summed E-state index contributed by atoms with van der Waals surface area (Å²) in [5.41, 5.74) is 0. The van der Waals surface area contributed by atoms with Crippen LogP contribution in [0.5, 0.6) is 0 Å². The van der Waals surface area contributed by atoms with Gasteiger partial charge in [-0.15, -0.1) is 0 Å². The number of carbonyl (C=O) groups is 3. The summed E-state index contributed by atoms with van der Waals surface area (Å²) in [6.45, 7) is 6.56. The number of ether oxygens (including phenoxy) is 3. The maximum Gasteiger partial charge on any atom is 0.306 e. The first-order valence-corrected chi connectivity index (χ1v) is 32.6. The van der Waals surface area contributed by atoms with Gasteiger partial charge in [0.25, 0.3) is 0 Å². The fourth-order valence-electron chi connectivity index (χ4n) is 9.31. The molecule has 0 fully saturated rings. The average Bonchev–Trinajstić information content (AvgIpc) is 3.42. The van der Waals surface area contributed by atoms with E-state index in [9.17, 15) is 14.4 Å². The number of unbranched alkanes of at least 4 members (excludes halogenated alkanes) is 34. The van der Waals surface area contributed by atoms with Crippen LogP contribution in [-0.2, 0) is 28.6 Å². The highest BCUT2D eigenvalue weighted by molar-refractivity contribution is 5.71. The van der Waals surface area contributed by atoms with Gasteiger partial charge in [0.05, 0.1) is 0 Å². The van der Waals surface area contributed by atoms with Gasteiger partial charge >= 0.3 is 17.9 Å². The molecule has 0 radical (unpaired) electrons. The maximum atomic E-state index is 12.9. The Labute approximate surface area is 471 Å². The van der Waals surface area contributed by atoms with Crippen LogP contribution in [0, 0.1) is 0 Å². The van der Waals surface area contributed by atoms with E-state index >= 15 is 0 Å². The summed E-state index contributed by atoms with van der Waals surface area (Å²) in [5, 5.41) is 0. The monoisotopic (exact) mass is 1060 g/mol. The maximum absolute atomic E-state index is 12.9. The van der Waals surface area contributed by atoms with Gasteiger partial charge < -0.3 is 14.2 Å². The van der Waals surface area contributed by atoms with Crippen LogP contribution < -0.4 is 0 Å². The molecule has 0 bridgehead atoms. The minimum Gasteiger partial charge on any atom is -0.462 e. The van der Waals surface area contributed by atoms with Crippen LogP contribution in [0.15, 0.2) is 85.1 Å². The lowest BCUT2D eigenvalue weighted by Crippen LogP contribution is -2.30. The molecule has 1 atom stereocenters. The molecule has 0 amide bonds. The molecule has 0 N–H and O–H groups in total. The number of hydrogen-bond donors (Lipinski definition) is 0. The van der Waals surface area contributed by atoms with Gasteiger partial charge in [-0.3, -0.25) is 14.4 Å². The van der Waals surface area contributed by atoms with Crippen molar-refractivity contribution in [3.05, 3.63) is 85.1 Å². The molecule has 0 aliphatic carbocycles. The Morgan fingerprint density at radius 2 is 0.513 bits per heavy atom. The standard InChI is InChI=1S/C70H122O6/c1-4-7-10-13-16-19-22-25-28-29-30-31-32-33-34-35-36-37-38-39-40-41-43-45-48-51-54-57-60-63-69(72)75-66-67(65-74-68(71)62-59-56-53-50-47-44-27-24-21-18-15-12-9-6-3)76-70(73)64-61-58-55-52-49-46-42-26-23-20-17-14-11-8-5-2/h7,10,16,19,25,28,30-31,33-34,36-37,39-40,67H,4-6,8-9,11-15,17-18,20-24,26-27,29,32,35,38,41-66H2,1-3H3/b10-7-,19-16-,28-25-,31-30-,34-33-,37-36-,40-39-. The largest absolute Gasteiger partial charge is 0.462 e. The van der Waals surface area contributed by atoms with Crippen molar-refractivity contribution >= 4 is 17.9 Å². The molecule has 0 aliphatic heterocycles. The smallest absolute Gasteiger partial charge is 0.306 e. The first kappa shape index (κ1) is 72.6. The Morgan fingerprint density at radius 3 is 0.803 bits per heavy atom. The van der Waals surface area contributed by atoms with Gasteiger partial charge in [0.1, 0.15) is 13.2 Å². The summed E-state index contributed by atoms with van der Waals surface area (Å²) in [5.74, 6) is -0.870. The summed E-state index contributed by atoms with van der Waals surface area (Å²) in [6.07, 6.45) is 84.4. The topological polar surface area (TPSA) is 78.9 Å². The predicted molar refractivity (Wildman–Crippen MR) is 330 cm³/mol. The van der Waals surface area contributed by atoms with Crippen molar-refractivity contribution in [3.8, 4) is 0 Å². The van der Waals surface area contributed by atoms with E-state index in [1.165, 1.54) is 173 Å². The van der Waals surface area contributed by atoms with Gasteiger partial charge in [-0.2, -0.15) is 0 Å². The van der Waals surface area contributed by atoms with Crippen LogP contribution in [0.2, 0.25) is 0 Å². The molecule has 438 valence electrons. The highest BCUT2D eigenvalue weighted by Crippen LogP contribution is 2.17. The van der Waals surface area contributed by atoms with Crippen LogP contribution in [0.3, 0.4) is 0 Å². The van der Waals surface area contributed by atoms with E-state index < -0.39 is 6.10 Å². The van der Waals surface area contributed by atoms with Gasteiger partial charge in [0.2, 0.25) is 0 Å². The molecular weight excluding hydrogens is 937 g/mol. The summed E-state index contributed by atoms with van der Waals surface area (Å²) in [4.78, 5) is 38.3. The van der Waals surface area contributed by atoms with Crippen molar-refractivity contribution in [3.63, 3.8) is 0 Å². The lowest BCUT2D eigenvalue weighted by atomic mass is 10.0. The van der Waals surface area contributed by atoms with Crippen molar-refractivity contribution < 1.29 is 28.6 Å². The number of allylic oxidation sites excluding steroid dienone is 14. The summed E-state index contributed by atoms with van der Waals surface area (Å²) >= 11 is 0. The Hall–Kier alpha value is -3.41. The Morgan fingerprint density at radius 1 is 0.276 bits per heavy atom. The quantitative estimate of drug-likeness (QED) is 0.0261. The van der Waals surface area contributed by atoms with Gasteiger partial charge in [0, 0.05) is 19.3 Å². The van der Waals surface area contributed by atoms with Gasteiger partial charge in [-0.05, 0) is 77.0 Å². The lowest BCUT2D eigenvalue weighted by Gasteiger charge is -2.18. The van der Waals surface area contributed by atoms with Crippen LogP contribution >= 0.6 is 0 Å². The Balaban J connectivity index is 4.29. The van der Waals surface area contributed by atoms with E-state index in [-0.39, 0.29) is 31.1 Å². The van der Waals surface area contributed by atoms with E-state index in [4.69, 9.17) is 14.2 Å². The van der Waals surface area contributed by atoms with Crippen molar-refractivity contribution in [2.24, 2.45) is 0 Å². The Kier molecular flexibility index (Phi) is 61.2. The second-order valence-corrected chi connectivity index (χ2v) is 21.7. The first-order valence-electron chi connectivity index (χ1n) is 32.6. The first-order chi connectivity index (χ1) is 37.5. The van der Waals surface area contributed by atoms with E-state index in [2.05, 4.69) is 106 Å². The zero-order chi connectivity index (χ0) is 55.0. The second-order valence-electron chi connectivity index (χ2n) is 21.7. The molecular formula is C70H122O6. The van der Waals surface area contributed by atoms with Crippen molar-refractivity contribution in [2.75, 3.05) is 13.2 Å². The molecule has 6 heteroatoms. The summed E-state index contributed by atoms with van der Waals surface area (Å²) < 4.78 is 16.9. The van der Waals surface area contributed by atoms with E-state index in [0.29, 0.717) is 19.3 Å². The molecule has 6 nitrogen and oxygen atoms in total. The van der Waals surface area contributed by atoms with Crippen LogP contribution in [0.1, 0.15) is 323 Å². The molecule has 0 saturated carbocycles. The average molecular weight is 1060 g/mol. The normalized spacial score (nSPS) is 12.6. The van der Waals surface area contributed by atoms with Crippen LogP contribution in [0.4, 0.5) is 0 Å². The van der Waals surface area contributed by atoms with Gasteiger partial charge in [0.15, 0.2) is 6.10 Å². The molecule has 76 heavy (non-hydrogen) atoms. The second kappa shape index (κ2) is 64.1. The van der Waals surface area contributed by atoms with Crippen LogP contribution in [-0.4, -0.2) is 37.2 Å². The highest BCUT2D eigenvalue weighted by atomic mass is 16.6.